The molecular weight excluding hydrogens is 444 g/mol. The van der Waals surface area contributed by atoms with Gasteiger partial charge >= 0.3 is 0 Å². The molecule has 3 aromatic rings. The van der Waals surface area contributed by atoms with Gasteiger partial charge in [0.2, 0.25) is 0 Å². The summed E-state index contributed by atoms with van der Waals surface area (Å²) in [6.45, 7) is 6.60. The molecule has 1 aromatic heterocycles. The van der Waals surface area contributed by atoms with Gasteiger partial charge in [-0.05, 0) is 61.6 Å². The van der Waals surface area contributed by atoms with E-state index in [1.807, 2.05) is 60.4 Å². The molecule has 5 rings (SSSR count). The van der Waals surface area contributed by atoms with Crippen LogP contribution in [0.3, 0.4) is 0 Å². The fourth-order valence-electron chi connectivity index (χ4n) is 5.17. The number of carbonyl (C=O) groups excluding carboxylic acids is 1. The highest BCUT2D eigenvalue weighted by Crippen LogP contribution is 2.26. The Morgan fingerprint density at radius 2 is 1.82 bits per heavy atom. The first-order valence-corrected chi connectivity index (χ1v) is 13.4. The minimum Gasteiger partial charge on any atom is -0.336 e. The van der Waals surface area contributed by atoms with Crippen molar-refractivity contribution < 1.29 is 9.00 Å². The Kier molecular flexibility index (Phi) is 6.92. The first-order valence-electron chi connectivity index (χ1n) is 12.2. The van der Waals surface area contributed by atoms with E-state index in [1.165, 1.54) is 32.2 Å². The highest BCUT2D eigenvalue weighted by molar-refractivity contribution is 7.86. The predicted octanol–water partition coefficient (Wildman–Crippen LogP) is 4.63. The maximum absolute atomic E-state index is 13.1. The molecule has 34 heavy (non-hydrogen) atoms. The van der Waals surface area contributed by atoms with Crippen LogP contribution in [0, 0.1) is 12.8 Å². The number of nitrogens with zero attached hydrogens (tertiary/aromatic N) is 3. The van der Waals surface area contributed by atoms with E-state index in [0.717, 1.165) is 54.3 Å². The van der Waals surface area contributed by atoms with Crippen LogP contribution in [0.15, 0.2) is 59.6 Å². The molecule has 1 aliphatic heterocycles. The number of fused-ring (bicyclic) bond motifs is 1. The number of piperazine rings is 1. The minimum atomic E-state index is -1.46. The van der Waals surface area contributed by atoms with E-state index in [-0.39, 0.29) is 5.91 Å². The van der Waals surface area contributed by atoms with Crippen LogP contribution in [0.4, 0.5) is 5.69 Å². The number of rotatable bonds is 6. The van der Waals surface area contributed by atoms with Gasteiger partial charge in [-0.25, -0.2) is 4.21 Å². The topological polar surface area (TPSA) is 65.5 Å². The van der Waals surface area contributed by atoms with E-state index in [9.17, 15) is 9.00 Å². The van der Waals surface area contributed by atoms with Crippen LogP contribution >= 0.6 is 0 Å². The molecule has 0 bridgehead atoms. The Morgan fingerprint density at radius 1 is 1.06 bits per heavy atom. The SMILES string of the molecule is Cc1cc(C(=O)N2CCN(CC3CCCC3)CC2)ccc1NS(=O)c1cccc2cccnc12. The van der Waals surface area contributed by atoms with Crippen molar-refractivity contribution in [3.63, 3.8) is 0 Å². The van der Waals surface area contributed by atoms with Gasteiger partial charge in [0.05, 0.1) is 10.4 Å². The Morgan fingerprint density at radius 3 is 2.59 bits per heavy atom. The number of nitrogens with one attached hydrogen (secondary N) is 1. The Labute approximate surface area is 203 Å². The molecule has 0 radical (unpaired) electrons. The molecule has 2 heterocycles. The van der Waals surface area contributed by atoms with E-state index >= 15 is 0 Å². The van der Waals surface area contributed by atoms with Gasteiger partial charge in [-0.3, -0.25) is 14.7 Å². The van der Waals surface area contributed by atoms with Crippen molar-refractivity contribution in [2.45, 2.75) is 37.5 Å². The van der Waals surface area contributed by atoms with Crippen LogP contribution in [-0.4, -0.2) is 57.6 Å². The molecule has 1 saturated heterocycles. The summed E-state index contributed by atoms with van der Waals surface area (Å²) in [6, 6.07) is 15.1. The quantitative estimate of drug-likeness (QED) is 0.564. The number of hydrogen-bond donors (Lipinski definition) is 1. The van der Waals surface area contributed by atoms with Crippen molar-refractivity contribution >= 4 is 33.5 Å². The largest absolute Gasteiger partial charge is 0.336 e. The van der Waals surface area contributed by atoms with Crippen LogP contribution in [-0.2, 0) is 11.0 Å². The third-order valence-corrected chi connectivity index (χ3v) is 8.26. The average Bonchev–Trinajstić information content (AvgIpc) is 3.38. The Bertz CT molecular complexity index is 1190. The molecular formula is C27H32N4O2S. The Hall–Kier alpha value is -2.77. The molecule has 2 fully saturated rings. The van der Waals surface area contributed by atoms with Gasteiger partial charge in [0.1, 0.15) is 0 Å². The van der Waals surface area contributed by atoms with Crippen molar-refractivity contribution in [2.75, 3.05) is 37.4 Å². The third kappa shape index (κ3) is 5.00. The lowest BCUT2D eigenvalue weighted by atomic mass is 10.1. The highest BCUT2D eigenvalue weighted by Gasteiger charge is 2.25. The fourth-order valence-corrected chi connectivity index (χ4v) is 6.25. The standard InChI is InChI=1S/C27H32N4O2S/c1-20-18-23(27(32)31-16-14-30(15-17-31)19-21-6-2-3-7-21)11-12-24(20)29-34(33)25-10-4-8-22-9-5-13-28-26(22)25/h4-5,8-13,18,21,29H,2-3,6-7,14-17,19H2,1H3. The van der Waals surface area contributed by atoms with Gasteiger partial charge in [-0.15, -0.1) is 0 Å². The van der Waals surface area contributed by atoms with Crippen molar-refractivity contribution in [3.8, 4) is 0 Å². The number of para-hydroxylation sites is 1. The van der Waals surface area contributed by atoms with Crippen LogP contribution < -0.4 is 4.72 Å². The van der Waals surface area contributed by atoms with Crippen molar-refractivity contribution in [1.82, 2.24) is 14.8 Å². The van der Waals surface area contributed by atoms with E-state index in [2.05, 4.69) is 14.6 Å². The molecule has 1 saturated carbocycles. The number of hydrogen-bond acceptors (Lipinski definition) is 4. The number of carbonyl (C=O) groups is 1. The number of amides is 1. The van der Waals surface area contributed by atoms with Crippen LogP contribution in [0.1, 0.15) is 41.6 Å². The van der Waals surface area contributed by atoms with Crippen LogP contribution in [0.2, 0.25) is 0 Å². The molecule has 178 valence electrons. The van der Waals surface area contributed by atoms with E-state index in [1.54, 1.807) is 6.20 Å². The first kappa shape index (κ1) is 23.0. The molecule has 2 aromatic carbocycles. The maximum Gasteiger partial charge on any atom is 0.253 e. The van der Waals surface area contributed by atoms with Crippen LogP contribution in [0.5, 0.6) is 0 Å². The number of aryl methyl sites for hydroxylation is 1. The number of anilines is 1. The molecule has 1 unspecified atom stereocenters. The lowest BCUT2D eigenvalue weighted by Gasteiger charge is -2.36. The zero-order chi connectivity index (χ0) is 23.5. The normalized spacial score (nSPS) is 18.3. The molecule has 0 spiro atoms. The molecule has 7 heteroatoms. The summed E-state index contributed by atoms with van der Waals surface area (Å²) in [5.74, 6) is 0.926. The lowest BCUT2D eigenvalue weighted by molar-refractivity contribution is 0.0618. The molecule has 6 nitrogen and oxygen atoms in total. The van der Waals surface area contributed by atoms with Crippen molar-refractivity contribution in [1.29, 1.82) is 0 Å². The third-order valence-electron chi connectivity index (χ3n) is 7.12. The summed E-state index contributed by atoms with van der Waals surface area (Å²) in [5.41, 5.74) is 3.06. The summed E-state index contributed by atoms with van der Waals surface area (Å²) in [7, 11) is -1.46. The average molecular weight is 477 g/mol. The van der Waals surface area contributed by atoms with Crippen molar-refractivity contribution in [3.05, 3.63) is 65.9 Å². The predicted molar refractivity (Wildman–Crippen MR) is 137 cm³/mol. The van der Waals surface area contributed by atoms with Gasteiger partial charge in [0.25, 0.3) is 5.91 Å². The summed E-state index contributed by atoms with van der Waals surface area (Å²) in [5, 5.41) is 0.955. The first-order chi connectivity index (χ1) is 16.6. The number of aromatic nitrogens is 1. The lowest BCUT2D eigenvalue weighted by Crippen LogP contribution is -2.49. The van der Waals surface area contributed by atoms with E-state index < -0.39 is 11.0 Å². The summed E-state index contributed by atoms with van der Waals surface area (Å²) in [6.07, 6.45) is 7.18. The Balaban J connectivity index is 1.22. The summed E-state index contributed by atoms with van der Waals surface area (Å²) in [4.78, 5) is 22.7. The summed E-state index contributed by atoms with van der Waals surface area (Å²) < 4.78 is 16.2. The second-order valence-electron chi connectivity index (χ2n) is 9.48. The number of benzene rings is 2. The van der Waals surface area contributed by atoms with Gasteiger partial charge in [0, 0.05) is 55.6 Å². The fraction of sp³-hybridized carbons (Fsp3) is 0.407. The zero-order valence-electron chi connectivity index (χ0n) is 19.7. The van der Waals surface area contributed by atoms with E-state index in [0.29, 0.717) is 10.5 Å². The van der Waals surface area contributed by atoms with Gasteiger partial charge in [-0.2, -0.15) is 0 Å². The highest BCUT2D eigenvalue weighted by atomic mass is 32.2. The van der Waals surface area contributed by atoms with Crippen molar-refractivity contribution in [2.24, 2.45) is 5.92 Å². The second kappa shape index (κ2) is 10.2. The smallest absolute Gasteiger partial charge is 0.253 e. The molecule has 1 amide bonds. The zero-order valence-corrected chi connectivity index (χ0v) is 20.5. The molecule has 1 N–H and O–H groups in total. The minimum absolute atomic E-state index is 0.0783. The van der Waals surface area contributed by atoms with Gasteiger partial charge in [0.15, 0.2) is 11.0 Å². The maximum atomic E-state index is 13.1. The number of pyridine rings is 1. The van der Waals surface area contributed by atoms with Gasteiger partial charge in [-0.1, -0.05) is 31.0 Å². The molecule has 1 aliphatic carbocycles. The monoisotopic (exact) mass is 476 g/mol. The van der Waals surface area contributed by atoms with Crippen LogP contribution in [0.25, 0.3) is 10.9 Å². The molecule has 2 aliphatic rings. The summed E-state index contributed by atoms with van der Waals surface area (Å²) >= 11 is 0. The molecule has 1 atom stereocenters. The second-order valence-corrected chi connectivity index (χ2v) is 10.7. The van der Waals surface area contributed by atoms with Gasteiger partial charge < -0.3 is 9.62 Å². The van der Waals surface area contributed by atoms with E-state index in [4.69, 9.17) is 0 Å².